The Bertz CT molecular complexity index is 318. The van der Waals surface area contributed by atoms with Crippen molar-refractivity contribution in [2.24, 2.45) is 11.8 Å². The minimum atomic E-state index is -0.710. The minimum absolute atomic E-state index is 0.0430. The molecule has 0 heterocycles. The molecule has 88 valence electrons. The van der Waals surface area contributed by atoms with Crippen LogP contribution in [-0.4, -0.2) is 25.0 Å². The van der Waals surface area contributed by atoms with Crippen LogP contribution in [-0.2, 0) is 14.3 Å². The van der Waals surface area contributed by atoms with Gasteiger partial charge in [0.25, 0.3) is 0 Å². The maximum absolute atomic E-state index is 11.5. The number of nitrogens with zero attached hydrogens (tertiary/aromatic N) is 1. The summed E-state index contributed by atoms with van der Waals surface area (Å²) < 4.78 is 4.62. The second-order valence-electron chi connectivity index (χ2n) is 4.12. The Balaban J connectivity index is 2.59. The maximum Gasteiger partial charge on any atom is 0.328 e. The van der Waals surface area contributed by atoms with Gasteiger partial charge < -0.3 is 10.1 Å². The van der Waals surface area contributed by atoms with Gasteiger partial charge in [-0.2, -0.15) is 5.26 Å². The predicted molar refractivity (Wildman–Crippen MR) is 56.1 cm³/mol. The summed E-state index contributed by atoms with van der Waals surface area (Å²) in [5.74, 6) is -0.793. The first-order valence-corrected chi connectivity index (χ1v) is 5.35. The lowest BCUT2D eigenvalue weighted by Crippen LogP contribution is -2.46. The summed E-state index contributed by atoms with van der Waals surface area (Å²) in [7, 11) is 1.28. The van der Waals surface area contributed by atoms with Crippen molar-refractivity contribution < 1.29 is 14.3 Å². The maximum atomic E-state index is 11.5. The lowest BCUT2D eigenvalue weighted by atomic mass is 9.99. The van der Waals surface area contributed by atoms with Gasteiger partial charge in [0.15, 0.2) is 0 Å². The molecule has 1 rings (SSSR count). The van der Waals surface area contributed by atoms with Gasteiger partial charge in [-0.1, -0.05) is 6.92 Å². The Morgan fingerprint density at radius 1 is 1.56 bits per heavy atom. The quantitative estimate of drug-likeness (QED) is 0.694. The molecule has 16 heavy (non-hydrogen) atoms. The average molecular weight is 224 g/mol. The first kappa shape index (κ1) is 12.5. The Hall–Kier alpha value is -1.57. The van der Waals surface area contributed by atoms with Crippen molar-refractivity contribution in [2.45, 2.75) is 32.2 Å². The number of rotatable bonds is 5. The number of nitriles is 1. The lowest BCUT2D eigenvalue weighted by molar-refractivity contribution is -0.146. The highest BCUT2D eigenvalue weighted by atomic mass is 16.5. The number of esters is 1. The van der Waals surface area contributed by atoms with Gasteiger partial charge in [0.1, 0.15) is 6.04 Å². The van der Waals surface area contributed by atoms with Crippen molar-refractivity contribution in [3.63, 3.8) is 0 Å². The van der Waals surface area contributed by atoms with E-state index in [1.807, 2.05) is 6.07 Å². The Morgan fingerprint density at radius 3 is 2.62 bits per heavy atom. The van der Waals surface area contributed by atoms with Crippen LogP contribution >= 0.6 is 0 Å². The molecule has 1 aliphatic rings. The van der Waals surface area contributed by atoms with Gasteiger partial charge in [-0.25, -0.2) is 4.79 Å². The highest BCUT2D eigenvalue weighted by Crippen LogP contribution is 2.29. The Labute approximate surface area is 94.8 Å². The van der Waals surface area contributed by atoms with E-state index in [1.54, 1.807) is 6.92 Å². The van der Waals surface area contributed by atoms with Gasteiger partial charge in [-0.15, -0.1) is 0 Å². The van der Waals surface area contributed by atoms with E-state index in [2.05, 4.69) is 10.1 Å². The van der Waals surface area contributed by atoms with Crippen LogP contribution < -0.4 is 5.32 Å². The topological polar surface area (TPSA) is 79.2 Å². The van der Waals surface area contributed by atoms with Gasteiger partial charge in [-0.3, -0.25) is 4.79 Å². The van der Waals surface area contributed by atoms with Crippen LogP contribution in [0.5, 0.6) is 0 Å². The summed E-state index contributed by atoms with van der Waals surface area (Å²) >= 11 is 0. The molecular weight excluding hydrogens is 208 g/mol. The van der Waals surface area contributed by atoms with Crippen LogP contribution in [0.25, 0.3) is 0 Å². The molecule has 1 saturated carbocycles. The standard InChI is InChI=1S/C11H16N2O3/c1-7(5-6-12)9(11(15)16-2)13-10(14)8-3-4-8/h7-9H,3-5H2,1-2H3,(H,13,14)/t7-,9+/m1/s1. The van der Waals surface area contributed by atoms with Crippen LogP contribution in [0.15, 0.2) is 0 Å². The van der Waals surface area contributed by atoms with Crippen molar-refractivity contribution in [3.8, 4) is 6.07 Å². The predicted octanol–water partition coefficient (Wildman–Crippen LogP) is 0.604. The first-order valence-electron chi connectivity index (χ1n) is 5.35. The van der Waals surface area contributed by atoms with Crippen LogP contribution in [0.2, 0.25) is 0 Å². The van der Waals surface area contributed by atoms with Gasteiger partial charge in [-0.05, 0) is 12.8 Å². The molecule has 0 saturated heterocycles. The molecule has 1 fully saturated rings. The Kier molecular flexibility index (Phi) is 4.29. The Morgan fingerprint density at radius 2 is 2.19 bits per heavy atom. The van der Waals surface area contributed by atoms with Crippen molar-refractivity contribution >= 4 is 11.9 Å². The average Bonchev–Trinajstić information content (AvgIpc) is 3.08. The van der Waals surface area contributed by atoms with Crippen LogP contribution in [0, 0.1) is 23.2 Å². The molecule has 0 unspecified atom stereocenters. The zero-order chi connectivity index (χ0) is 12.1. The normalized spacial score (nSPS) is 18.1. The molecule has 0 aromatic heterocycles. The van der Waals surface area contributed by atoms with Crippen molar-refractivity contribution in [1.29, 1.82) is 5.26 Å². The number of hydrogen-bond donors (Lipinski definition) is 1. The van der Waals surface area contributed by atoms with Crippen LogP contribution in [0.3, 0.4) is 0 Å². The molecule has 0 aromatic carbocycles. The fourth-order valence-electron chi connectivity index (χ4n) is 1.44. The second-order valence-corrected chi connectivity index (χ2v) is 4.12. The molecule has 5 nitrogen and oxygen atoms in total. The highest BCUT2D eigenvalue weighted by Gasteiger charge is 2.34. The second kappa shape index (κ2) is 5.50. The van der Waals surface area contributed by atoms with E-state index in [9.17, 15) is 9.59 Å². The molecule has 1 N–H and O–H groups in total. The number of nitrogens with one attached hydrogen (secondary N) is 1. The van der Waals surface area contributed by atoms with E-state index in [4.69, 9.17) is 5.26 Å². The smallest absolute Gasteiger partial charge is 0.328 e. The lowest BCUT2D eigenvalue weighted by Gasteiger charge is -2.20. The van der Waals surface area contributed by atoms with E-state index in [0.717, 1.165) is 12.8 Å². The fourth-order valence-corrected chi connectivity index (χ4v) is 1.44. The number of ether oxygens (including phenoxy) is 1. The summed E-state index contributed by atoms with van der Waals surface area (Å²) in [5, 5.41) is 11.2. The largest absolute Gasteiger partial charge is 0.467 e. The SMILES string of the molecule is COC(=O)[C@@H](NC(=O)C1CC1)[C@H](C)CC#N. The van der Waals surface area contributed by atoms with Gasteiger partial charge in [0.05, 0.1) is 13.2 Å². The monoisotopic (exact) mass is 224 g/mol. The third kappa shape index (κ3) is 3.23. The number of amides is 1. The van der Waals surface area contributed by atoms with E-state index >= 15 is 0 Å². The summed E-state index contributed by atoms with van der Waals surface area (Å²) in [6, 6.07) is 1.28. The third-order valence-electron chi connectivity index (χ3n) is 2.68. The molecule has 0 spiro atoms. The zero-order valence-corrected chi connectivity index (χ0v) is 9.53. The molecule has 0 aromatic rings. The van der Waals surface area contributed by atoms with Gasteiger partial charge in [0, 0.05) is 18.3 Å². The molecule has 5 heteroatoms. The van der Waals surface area contributed by atoms with E-state index in [1.165, 1.54) is 7.11 Å². The summed E-state index contributed by atoms with van der Waals surface area (Å²) in [5.41, 5.74) is 0. The number of carbonyl (C=O) groups excluding carboxylic acids is 2. The van der Waals surface area contributed by atoms with Gasteiger partial charge in [0.2, 0.25) is 5.91 Å². The molecule has 0 aliphatic heterocycles. The van der Waals surface area contributed by atoms with Crippen molar-refractivity contribution in [3.05, 3.63) is 0 Å². The van der Waals surface area contributed by atoms with E-state index < -0.39 is 12.0 Å². The molecule has 1 aliphatic carbocycles. The summed E-state index contributed by atoms with van der Waals surface area (Å²) in [4.78, 5) is 23.0. The molecule has 0 radical (unpaired) electrons. The van der Waals surface area contributed by atoms with Gasteiger partial charge >= 0.3 is 5.97 Å². The number of carbonyl (C=O) groups is 2. The van der Waals surface area contributed by atoms with E-state index in [-0.39, 0.29) is 24.2 Å². The third-order valence-corrected chi connectivity index (χ3v) is 2.68. The number of methoxy groups -OCH3 is 1. The molecule has 1 amide bonds. The van der Waals surface area contributed by atoms with Crippen LogP contribution in [0.1, 0.15) is 26.2 Å². The minimum Gasteiger partial charge on any atom is -0.467 e. The van der Waals surface area contributed by atoms with E-state index in [0.29, 0.717) is 0 Å². The molecular formula is C11H16N2O3. The van der Waals surface area contributed by atoms with Crippen molar-refractivity contribution in [2.75, 3.05) is 7.11 Å². The molecule has 0 bridgehead atoms. The fraction of sp³-hybridized carbons (Fsp3) is 0.727. The molecule has 2 atom stereocenters. The van der Waals surface area contributed by atoms with Crippen molar-refractivity contribution in [1.82, 2.24) is 5.32 Å². The first-order chi connectivity index (χ1) is 7.60. The summed E-state index contributed by atoms with van der Waals surface area (Å²) in [6.07, 6.45) is 1.98. The number of hydrogen-bond acceptors (Lipinski definition) is 4. The van der Waals surface area contributed by atoms with Crippen LogP contribution in [0.4, 0.5) is 0 Å². The zero-order valence-electron chi connectivity index (χ0n) is 9.53. The summed E-state index contributed by atoms with van der Waals surface area (Å²) in [6.45, 7) is 1.75. The highest BCUT2D eigenvalue weighted by molar-refractivity contribution is 5.87.